The second kappa shape index (κ2) is 5.49. The van der Waals surface area contributed by atoms with Crippen LogP contribution in [-0.4, -0.2) is 20.7 Å². The van der Waals surface area contributed by atoms with Gasteiger partial charge in [0.25, 0.3) is 0 Å². The Morgan fingerprint density at radius 2 is 2.28 bits per heavy atom. The molecular weight excluding hydrogens is 272 g/mol. The van der Waals surface area contributed by atoms with Crippen molar-refractivity contribution in [2.45, 2.75) is 25.9 Å². The maximum atomic E-state index is 12.0. The number of nitrogens with one attached hydrogen (secondary N) is 1. The summed E-state index contributed by atoms with van der Waals surface area (Å²) in [6.07, 6.45) is 2.93. The number of thiophene rings is 1. The van der Waals surface area contributed by atoms with Gasteiger partial charge in [0.15, 0.2) is 0 Å². The van der Waals surface area contributed by atoms with Crippen LogP contribution in [0.5, 0.6) is 0 Å². The third kappa shape index (κ3) is 2.88. The summed E-state index contributed by atoms with van der Waals surface area (Å²) in [5.41, 5.74) is 0. The Labute approximate surface area is 114 Å². The summed E-state index contributed by atoms with van der Waals surface area (Å²) in [5, 5.41) is 6.87. The summed E-state index contributed by atoms with van der Waals surface area (Å²) in [5.74, 6) is -0.0995. The molecule has 2 atom stereocenters. The Bertz CT molecular complexity index is 525. The van der Waals surface area contributed by atoms with E-state index >= 15 is 0 Å². The third-order valence-corrected chi connectivity index (χ3v) is 4.01. The van der Waals surface area contributed by atoms with Crippen molar-refractivity contribution in [1.82, 2.24) is 20.1 Å². The highest BCUT2D eigenvalue weighted by Gasteiger charge is 2.18. The largest absolute Gasteiger partial charge is 0.347 e. The van der Waals surface area contributed by atoms with Crippen LogP contribution < -0.4 is 5.32 Å². The van der Waals surface area contributed by atoms with Crippen LogP contribution in [0, 0.1) is 0 Å². The number of hydrogen-bond acceptors (Lipinski definition) is 4. The Morgan fingerprint density at radius 3 is 2.83 bits per heavy atom. The monoisotopic (exact) mass is 284 g/mol. The van der Waals surface area contributed by atoms with Crippen LogP contribution in [0.15, 0.2) is 24.8 Å². The molecule has 0 saturated carbocycles. The number of rotatable bonds is 4. The molecule has 2 rings (SSSR count). The van der Waals surface area contributed by atoms with Crippen molar-refractivity contribution in [2.75, 3.05) is 0 Å². The molecule has 0 aliphatic heterocycles. The summed E-state index contributed by atoms with van der Waals surface area (Å²) in [6.45, 7) is 3.70. The fraction of sp³-hybridized carbons (Fsp3) is 0.364. The molecule has 0 bridgehead atoms. The molecule has 0 fully saturated rings. The first-order chi connectivity index (χ1) is 8.58. The van der Waals surface area contributed by atoms with Crippen molar-refractivity contribution < 1.29 is 4.79 Å². The molecule has 1 amide bonds. The van der Waals surface area contributed by atoms with Crippen LogP contribution in [0.3, 0.4) is 0 Å². The average molecular weight is 285 g/mol. The van der Waals surface area contributed by atoms with Crippen LogP contribution in [0.4, 0.5) is 0 Å². The van der Waals surface area contributed by atoms with E-state index in [-0.39, 0.29) is 18.0 Å². The van der Waals surface area contributed by atoms with E-state index in [2.05, 4.69) is 15.4 Å². The van der Waals surface area contributed by atoms with Crippen molar-refractivity contribution in [2.24, 2.45) is 0 Å². The molecule has 0 unspecified atom stereocenters. The smallest absolute Gasteiger partial charge is 0.245 e. The van der Waals surface area contributed by atoms with Crippen LogP contribution in [0.2, 0.25) is 4.34 Å². The zero-order valence-electron chi connectivity index (χ0n) is 10.0. The highest BCUT2D eigenvalue weighted by atomic mass is 35.5. The number of nitrogens with zero attached hydrogens (tertiary/aromatic N) is 3. The Hall–Kier alpha value is -1.40. The van der Waals surface area contributed by atoms with Crippen LogP contribution in [-0.2, 0) is 4.79 Å². The van der Waals surface area contributed by atoms with Crippen LogP contribution >= 0.6 is 22.9 Å². The molecule has 7 heteroatoms. The molecule has 2 heterocycles. The number of amides is 1. The zero-order chi connectivity index (χ0) is 13.1. The molecule has 0 radical (unpaired) electrons. The van der Waals surface area contributed by atoms with Gasteiger partial charge < -0.3 is 5.32 Å². The molecule has 0 aromatic carbocycles. The second-order valence-corrected chi connectivity index (χ2v) is 5.67. The highest BCUT2D eigenvalue weighted by Crippen LogP contribution is 2.26. The van der Waals surface area contributed by atoms with E-state index < -0.39 is 0 Å². The van der Waals surface area contributed by atoms with Crippen LogP contribution in [0.1, 0.15) is 30.8 Å². The maximum absolute atomic E-state index is 12.0. The number of carbonyl (C=O) groups excluding carboxylic acids is 1. The maximum Gasteiger partial charge on any atom is 0.245 e. The van der Waals surface area contributed by atoms with Crippen molar-refractivity contribution in [1.29, 1.82) is 0 Å². The van der Waals surface area contributed by atoms with E-state index in [0.717, 1.165) is 9.21 Å². The van der Waals surface area contributed by atoms with E-state index in [4.69, 9.17) is 11.6 Å². The Balaban J connectivity index is 1.99. The van der Waals surface area contributed by atoms with Crippen molar-refractivity contribution >= 4 is 28.8 Å². The first-order valence-corrected chi connectivity index (χ1v) is 6.67. The predicted octanol–water partition coefficient (Wildman–Crippen LogP) is 2.43. The normalized spacial score (nSPS) is 14.2. The molecule has 5 nitrogen and oxygen atoms in total. The van der Waals surface area contributed by atoms with Gasteiger partial charge in [-0.1, -0.05) is 11.6 Å². The predicted molar refractivity (Wildman–Crippen MR) is 70.6 cm³/mol. The molecule has 0 spiro atoms. The lowest BCUT2D eigenvalue weighted by Gasteiger charge is -2.16. The summed E-state index contributed by atoms with van der Waals surface area (Å²) >= 11 is 7.33. The standard InChI is InChI=1S/C11H13ClN4OS/c1-7(9-3-4-10(12)18-9)15-11(17)8(2)16-6-13-5-14-16/h3-8H,1-2H3,(H,15,17)/t7-,8-/m1/s1. The summed E-state index contributed by atoms with van der Waals surface area (Å²) in [6, 6.07) is 3.29. The molecule has 0 aliphatic carbocycles. The van der Waals surface area contributed by atoms with E-state index in [1.807, 2.05) is 19.1 Å². The van der Waals surface area contributed by atoms with Gasteiger partial charge in [0.2, 0.25) is 5.91 Å². The first-order valence-electron chi connectivity index (χ1n) is 5.47. The molecule has 0 aliphatic rings. The number of aromatic nitrogens is 3. The van der Waals surface area contributed by atoms with Crippen molar-refractivity contribution in [3.8, 4) is 0 Å². The minimum atomic E-state index is -0.384. The lowest BCUT2D eigenvalue weighted by Crippen LogP contribution is -2.32. The minimum Gasteiger partial charge on any atom is -0.347 e. The Morgan fingerprint density at radius 1 is 1.50 bits per heavy atom. The van der Waals surface area contributed by atoms with E-state index in [0.29, 0.717) is 0 Å². The highest BCUT2D eigenvalue weighted by molar-refractivity contribution is 7.16. The van der Waals surface area contributed by atoms with Gasteiger partial charge >= 0.3 is 0 Å². The van der Waals surface area contributed by atoms with E-state index in [9.17, 15) is 4.79 Å². The lowest BCUT2D eigenvalue weighted by atomic mass is 10.2. The lowest BCUT2D eigenvalue weighted by molar-refractivity contribution is -0.124. The summed E-state index contributed by atoms with van der Waals surface area (Å²) in [4.78, 5) is 16.9. The number of hydrogen-bond donors (Lipinski definition) is 1. The molecule has 18 heavy (non-hydrogen) atoms. The van der Waals surface area contributed by atoms with Gasteiger partial charge in [0, 0.05) is 4.88 Å². The van der Waals surface area contributed by atoms with Crippen molar-refractivity contribution in [3.63, 3.8) is 0 Å². The third-order valence-electron chi connectivity index (χ3n) is 2.59. The van der Waals surface area contributed by atoms with E-state index in [1.54, 1.807) is 6.92 Å². The fourth-order valence-electron chi connectivity index (χ4n) is 1.50. The van der Waals surface area contributed by atoms with Crippen LogP contribution in [0.25, 0.3) is 0 Å². The van der Waals surface area contributed by atoms with Gasteiger partial charge in [-0.2, -0.15) is 5.10 Å². The topological polar surface area (TPSA) is 59.8 Å². The quantitative estimate of drug-likeness (QED) is 0.938. The van der Waals surface area contributed by atoms with Gasteiger partial charge in [-0.3, -0.25) is 4.79 Å². The van der Waals surface area contributed by atoms with Gasteiger partial charge in [-0.25, -0.2) is 9.67 Å². The first kappa shape index (κ1) is 13.0. The SMILES string of the molecule is C[C@H](C(=O)N[C@H](C)c1ccc(Cl)s1)n1cncn1. The molecule has 2 aromatic heterocycles. The molecule has 96 valence electrons. The summed E-state index contributed by atoms with van der Waals surface area (Å²) in [7, 11) is 0. The average Bonchev–Trinajstić information content (AvgIpc) is 2.98. The van der Waals surface area contributed by atoms with Gasteiger partial charge in [-0.15, -0.1) is 11.3 Å². The molecular formula is C11H13ClN4OS. The molecule has 1 N–H and O–H groups in total. The van der Waals surface area contributed by atoms with Gasteiger partial charge in [0.1, 0.15) is 18.7 Å². The number of carbonyl (C=O) groups is 1. The van der Waals surface area contributed by atoms with Gasteiger partial charge in [-0.05, 0) is 26.0 Å². The number of halogens is 1. The fourth-order valence-corrected chi connectivity index (χ4v) is 2.57. The van der Waals surface area contributed by atoms with E-state index in [1.165, 1.54) is 28.7 Å². The molecule has 2 aromatic rings. The molecule has 0 saturated heterocycles. The van der Waals surface area contributed by atoms with Gasteiger partial charge in [0.05, 0.1) is 10.4 Å². The Kier molecular flexibility index (Phi) is 3.98. The summed E-state index contributed by atoms with van der Waals surface area (Å²) < 4.78 is 2.24. The van der Waals surface area contributed by atoms with Crippen molar-refractivity contribution in [3.05, 3.63) is 34.0 Å². The minimum absolute atomic E-state index is 0.0685. The second-order valence-electron chi connectivity index (χ2n) is 3.92. The zero-order valence-corrected chi connectivity index (χ0v) is 11.6.